The van der Waals surface area contributed by atoms with Gasteiger partial charge in [0.1, 0.15) is 5.82 Å². The topological polar surface area (TPSA) is 72.2 Å². The molecule has 2 rings (SSSR count). The first kappa shape index (κ1) is 13.7. The largest absolute Gasteiger partial charge is 0.348 e. The summed E-state index contributed by atoms with van der Waals surface area (Å²) in [5.41, 5.74) is 0.655. The van der Waals surface area contributed by atoms with E-state index in [1.807, 2.05) is 0 Å². The van der Waals surface area contributed by atoms with Crippen molar-refractivity contribution in [2.45, 2.75) is 6.54 Å². The standard InChI is InChI=1S/C14H11FN2O3/c15-12-5-1-3-10(7-12)9-16-14(18)11-4-2-6-13(8-11)17(19)20/h1-8H,9H2,(H,16,18). The van der Waals surface area contributed by atoms with Gasteiger partial charge < -0.3 is 5.32 Å². The number of nitro benzene ring substituents is 1. The van der Waals surface area contributed by atoms with E-state index in [0.717, 1.165) is 0 Å². The lowest BCUT2D eigenvalue weighted by atomic mass is 10.1. The van der Waals surface area contributed by atoms with Crippen LogP contribution >= 0.6 is 0 Å². The Labute approximate surface area is 114 Å². The van der Waals surface area contributed by atoms with Crippen LogP contribution in [0.15, 0.2) is 48.5 Å². The van der Waals surface area contributed by atoms with Gasteiger partial charge in [0.05, 0.1) is 4.92 Å². The fourth-order valence-corrected chi connectivity index (χ4v) is 1.69. The average Bonchev–Trinajstić information content (AvgIpc) is 2.45. The summed E-state index contributed by atoms with van der Waals surface area (Å²) >= 11 is 0. The normalized spacial score (nSPS) is 10.1. The van der Waals surface area contributed by atoms with Crippen LogP contribution in [-0.4, -0.2) is 10.8 Å². The van der Waals surface area contributed by atoms with Gasteiger partial charge in [-0.2, -0.15) is 0 Å². The van der Waals surface area contributed by atoms with Gasteiger partial charge in [0, 0.05) is 24.2 Å². The van der Waals surface area contributed by atoms with E-state index in [1.165, 1.54) is 36.4 Å². The Hall–Kier alpha value is -2.76. The number of rotatable bonds is 4. The maximum absolute atomic E-state index is 13.0. The van der Waals surface area contributed by atoms with Crippen molar-refractivity contribution in [3.05, 3.63) is 75.6 Å². The van der Waals surface area contributed by atoms with Gasteiger partial charge in [0.2, 0.25) is 0 Å². The van der Waals surface area contributed by atoms with Gasteiger partial charge in [-0.1, -0.05) is 18.2 Å². The van der Waals surface area contributed by atoms with Crippen molar-refractivity contribution in [2.24, 2.45) is 0 Å². The third kappa shape index (κ3) is 3.38. The molecular weight excluding hydrogens is 263 g/mol. The number of hydrogen-bond donors (Lipinski definition) is 1. The lowest BCUT2D eigenvalue weighted by Crippen LogP contribution is -2.22. The summed E-state index contributed by atoms with van der Waals surface area (Å²) in [6.07, 6.45) is 0. The third-order valence-electron chi connectivity index (χ3n) is 2.66. The maximum Gasteiger partial charge on any atom is 0.270 e. The number of nitrogens with zero attached hydrogens (tertiary/aromatic N) is 1. The molecule has 5 nitrogen and oxygen atoms in total. The smallest absolute Gasteiger partial charge is 0.270 e. The van der Waals surface area contributed by atoms with Crippen molar-refractivity contribution in [1.29, 1.82) is 0 Å². The predicted molar refractivity (Wildman–Crippen MR) is 70.7 cm³/mol. The zero-order valence-electron chi connectivity index (χ0n) is 10.4. The second-order valence-corrected chi connectivity index (χ2v) is 4.12. The third-order valence-corrected chi connectivity index (χ3v) is 2.66. The number of non-ortho nitro benzene ring substituents is 1. The highest BCUT2D eigenvalue weighted by molar-refractivity contribution is 5.94. The van der Waals surface area contributed by atoms with E-state index in [-0.39, 0.29) is 23.6 Å². The van der Waals surface area contributed by atoms with E-state index in [2.05, 4.69) is 5.32 Å². The number of halogens is 1. The van der Waals surface area contributed by atoms with E-state index < -0.39 is 10.8 Å². The van der Waals surface area contributed by atoms with Crippen molar-refractivity contribution >= 4 is 11.6 Å². The van der Waals surface area contributed by atoms with Crippen molar-refractivity contribution < 1.29 is 14.1 Å². The molecule has 0 unspecified atom stereocenters. The monoisotopic (exact) mass is 274 g/mol. The quantitative estimate of drug-likeness (QED) is 0.688. The van der Waals surface area contributed by atoms with Crippen LogP contribution in [0.3, 0.4) is 0 Å². The average molecular weight is 274 g/mol. The highest BCUT2D eigenvalue weighted by atomic mass is 19.1. The lowest BCUT2D eigenvalue weighted by molar-refractivity contribution is -0.384. The summed E-state index contributed by atoms with van der Waals surface area (Å²) in [5, 5.41) is 13.2. The number of carbonyl (C=O) groups is 1. The van der Waals surface area contributed by atoms with E-state index in [4.69, 9.17) is 0 Å². The Kier molecular flexibility index (Phi) is 4.05. The van der Waals surface area contributed by atoms with Gasteiger partial charge in [-0.25, -0.2) is 4.39 Å². The number of nitro groups is 1. The summed E-state index contributed by atoms with van der Waals surface area (Å²) in [5.74, 6) is -0.829. The first-order valence-corrected chi connectivity index (χ1v) is 5.83. The minimum atomic E-state index is -0.566. The fourth-order valence-electron chi connectivity index (χ4n) is 1.69. The van der Waals surface area contributed by atoms with Gasteiger partial charge in [-0.3, -0.25) is 14.9 Å². The highest BCUT2D eigenvalue weighted by Crippen LogP contribution is 2.13. The molecule has 2 aromatic carbocycles. The molecule has 0 aliphatic heterocycles. The molecule has 0 bridgehead atoms. The zero-order valence-corrected chi connectivity index (χ0v) is 10.4. The Morgan fingerprint density at radius 3 is 2.65 bits per heavy atom. The Morgan fingerprint density at radius 1 is 1.20 bits per heavy atom. The highest BCUT2D eigenvalue weighted by Gasteiger charge is 2.11. The summed E-state index contributed by atoms with van der Waals surface area (Å²) in [6.45, 7) is 0.152. The summed E-state index contributed by atoms with van der Waals surface area (Å²) in [6, 6.07) is 11.3. The van der Waals surface area contributed by atoms with E-state index in [0.29, 0.717) is 5.56 Å². The Morgan fingerprint density at radius 2 is 1.95 bits per heavy atom. The molecule has 0 spiro atoms. The minimum Gasteiger partial charge on any atom is -0.348 e. The molecule has 20 heavy (non-hydrogen) atoms. The number of amides is 1. The first-order valence-electron chi connectivity index (χ1n) is 5.83. The van der Waals surface area contributed by atoms with E-state index in [1.54, 1.807) is 12.1 Å². The van der Waals surface area contributed by atoms with Gasteiger partial charge in [0.25, 0.3) is 11.6 Å². The minimum absolute atomic E-state index is 0.150. The Bertz CT molecular complexity index is 658. The van der Waals surface area contributed by atoms with Crippen molar-refractivity contribution in [1.82, 2.24) is 5.32 Å². The number of carbonyl (C=O) groups excluding carboxylic acids is 1. The second kappa shape index (κ2) is 5.92. The Balaban J connectivity index is 2.05. The van der Waals surface area contributed by atoms with Crippen LogP contribution in [0.5, 0.6) is 0 Å². The van der Waals surface area contributed by atoms with Crippen LogP contribution in [0, 0.1) is 15.9 Å². The summed E-state index contributed by atoms with van der Waals surface area (Å²) < 4.78 is 13.0. The molecule has 6 heteroatoms. The molecule has 0 saturated heterocycles. The van der Waals surface area contributed by atoms with Crippen molar-refractivity contribution in [3.63, 3.8) is 0 Å². The van der Waals surface area contributed by atoms with Gasteiger partial charge in [-0.05, 0) is 23.8 Å². The van der Waals surface area contributed by atoms with Crippen molar-refractivity contribution in [2.75, 3.05) is 0 Å². The SMILES string of the molecule is O=C(NCc1cccc(F)c1)c1cccc([N+](=O)[O-])c1. The van der Waals surface area contributed by atoms with Crippen LogP contribution in [0.1, 0.15) is 15.9 Å². The molecule has 0 radical (unpaired) electrons. The van der Waals surface area contributed by atoms with Crippen LogP contribution in [0.4, 0.5) is 10.1 Å². The van der Waals surface area contributed by atoms with Gasteiger partial charge in [0.15, 0.2) is 0 Å². The van der Waals surface area contributed by atoms with Gasteiger partial charge >= 0.3 is 0 Å². The van der Waals surface area contributed by atoms with Crippen LogP contribution < -0.4 is 5.32 Å². The van der Waals surface area contributed by atoms with Crippen molar-refractivity contribution in [3.8, 4) is 0 Å². The molecule has 0 aliphatic rings. The molecule has 0 saturated carbocycles. The fraction of sp³-hybridized carbons (Fsp3) is 0.0714. The molecule has 0 aromatic heterocycles. The summed E-state index contributed by atoms with van der Waals surface area (Å²) in [7, 11) is 0. The van der Waals surface area contributed by atoms with E-state index >= 15 is 0 Å². The van der Waals surface area contributed by atoms with Crippen LogP contribution in [-0.2, 0) is 6.54 Å². The van der Waals surface area contributed by atoms with Gasteiger partial charge in [-0.15, -0.1) is 0 Å². The molecule has 1 N–H and O–H groups in total. The number of nitrogens with one attached hydrogen (secondary N) is 1. The molecule has 0 heterocycles. The molecule has 2 aromatic rings. The predicted octanol–water partition coefficient (Wildman–Crippen LogP) is 2.66. The molecule has 0 atom stereocenters. The molecule has 0 aliphatic carbocycles. The molecular formula is C14H11FN2O3. The summed E-state index contributed by atoms with van der Waals surface area (Å²) in [4.78, 5) is 21.9. The van der Waals surface area contributed by atoms with Crippen LogP contribution in [0.2, 0.25) is 0 Å². The zero-order chi connectivity index (χ0) is 14.5. The van der Waals surface area contributed by atoms with E-state index in [9.17, 15) is 19.3 Å². The second-order valence-electron chi connectivity index (χ2n) is 4.12. The number of hydrogen-bond acceptors (Lipinski definition) is 3. The first-order chi connectivity index (χ1) is 9.56. The number of benzene rings is 2. The molecule has 102 valence electrons. The van der Waals surface area contributed by atoms with Crippen LogP contribution in [0.25, 0.3) is 0 Å². The molecule has 0 fully saturated rings. The lowest BCUT2D eigenvalue weighted by Gasteiger charge is -2.05. The maximum atomic E-state index is 13.0. The molecule has 1 amide bonds.